The van der Waals surface area contributed by atoms with Gasteiger partial charge in [0.1, 0.15) is 18.5 Å². The fourth-order valence-corrected chi connectivity index (χ4v) is 1.97. The fraction of sp³-hybridized carbons (Fsp3) is 0.455. The molecule has 2 heterocycles. The molecule has 2 N–H and O–H groups in total. The first kappa shape index (κ1) is 12.6. The van der Waals surface area contributed by atoms with Gasteiger partial charge in [0, 0.05) is 12.3 Å². The van der Waals surface area contributed by atoms with Gasteiger partial charge in [0.2, 0.25) is 0 Å². The zero-order valence-electron chi connectivity index (χ0n) is 9.72. The topological polar surface area (TPSA) is 84.3 Å². The molecule has 0 spiro atoms. The van der Waals surface area contributed by atoms with E-state index in [0.29, 0.717) is 0 Å². The Kier molecular flexibility index (Phi) is 2.86. The van der Waals surface area contributed by atoms with Crippen molar-refractivity contribution in [2.75, 3.05) is 6.67 Å². The molecule has 2 rings (SSSR count). The average Bonchev–Trinajstić information content (AvgIpc) is 2.55. The second kappa shape index (κ2) is 4.09. The maximum atomic E-state index is 13.2. The quantitative estimate of drug-likeness (QED) is 0.775. The number of rotatable bonds is 2. The predicted octanol–water partition coefficient (Wildman–Crippen LogP) is -0.0842. The minimum absolute atomic E-state index is 0.00162. The van der Waals surface area contributed by atoms with Gasteiger partial charge in [-0.2, -0.15) is 0 Å². The van der Waals surface area contributed by atoms with Gasteiger partial charge in [0.05, 0.1) is 5.41 Å². The van der Waals surface area contributed by atoms with E-state index in [-0.39, 0.29) is 5.76 Å². The zero-order valence-corrected chi connectivity index (χ0v) is 9.72. The summed E-state index contributed by atoms with van der Waals surface area (Å²) in [6.07, 6.45) is -1.06. The third-order valence-electron chi connectivity index (χ3n) is 3.15. The van der Waals surface area contributed by atoms with Crippen molar-refractivity contribution >= 4 is 0 Å². The summed E-state index contributed by atoms with van der Waals surface area (Å²) in [5.74, 6) is -0.00162. The number of nitrogens with one attached hydrogen (secondary N) is 1. The van der Waals surface area contributed by atoms with Gasteiger partial charge in [-0.15, -0.1) is 0 Å². The third-order valence-corrected chi connectivity index (χ3v) is 3.15. The standard InChI is InChI=1S/C11H13FN2O4/c1-6-8(16)11(2,5-12)9(18-6)14-4-3-7(15)13-10(14)17/h3-4,8-9,16H,1,5H2,2H3,(H,13,15,17)/t8-,9-,11+/m1/s1. The van der Waals surface area contributed by atoms with Gasteiger partial charge in [-0.25, -0.2) is 4.79 Å². The number of aromatic nitrogens is 2. The zero-order chi connectivity index (χ0) is 13.5. The smallest absolute Gasteiger partial charge is 0.331 e. The van der Waals surface area contributed by atoms with Crippen molar-refractivity contribution < 1.29 is 14.2 Å². The summed E-state index contributed by atoms with van der Waals surface area (Å²) in [5, 5.41) is 9.84. The number of ether oxygens (including phenoxy) is 1. The van der Waals surface area contributed by atoms with E-state index in [1.807, 2.05) is 4.98 Å². The molecule has 98 valence electrons. The van der Waals surface area contributed by atoms with Gasteiger partial charge in [-0.3, -0.25) is 18.7 Å². The molecule has 0 aliphatic carbocycles. The van der Waals surface area contributed by atoms with Crippen LogP contribution >= 0.6 is 0 Å². The van der Waals surface area contributed by atoms with E-state index in [2.05, 4.69) is 6.58 Å². The Labute approximate surface area is 101 Å². The normalized spacial score (nSPS) is 31.4. The van der Waals surface area contributed by atoms with E-state index in [4.69, 9.17) is 4.74 Å². The summed E-state index contributed by atoms with van der Waals surface area (Å²) in [6, 6.07) is 1.12. The summed E-state index contributed by atoms with van der Waals surface area (Å²) >= 11 is 0. The van der Waals surface area contributed by atoms with Crippen LogP contribution in [0.4, 0.5) is 4.39 Å². The molecular weight excluding hydrogens is 243 g/mol. The Morgan fingerprint density at radius 1 is 1.67 bits per heavy atom. The van der Waals surface area contributed by atoms with E-state index in [1.54, 1.807) is 0 Å². The van der Waals surface area contributed by atoms with E-state index in [0.717, 1.165) is 10.6 Å². The van der Waals surface area contributed by atoms with Crippen LogP contribution in [0.15, 0.2) is 34.2 Å². The number of H-pyrrole nitrogens is 1. The van der Waals surface area contributed by atoms with E-state index in [1.165, 1.54) is 13.1 Å². The van der Waals surface area contributed by atoms with Crippen molar-refractivity contribution in [1.29, 1.82) is 0 Å². The van der Waals surface area contributed by atoms with Crippen LogP contribution in [0.25, 0.3) is 0 Å². The molecule has 1 aliphatic rings. The lowest BCUT2D eigenvalue weighted by Gasteiger charge is -2.28. The minimum atomic E-state index is -1.32. The van der Waals surface area contributed by atoms with Crippen LogP contribution in [0.2, 0.25) is 0 Å². The van der Waals surface area contributed by atoms with Gasteiger partial charge in [0.25, 0.3) is 5.56 Å². The first-order valence-electron chi connectivity index (χ1n) is 5.31. The van der Waals surface area contributed by atoms with Crippen LogP contribution in [0.3, 0.4) is 0 Å². The van der Waals surface area contributed by atoms with Crippen LogP contribution in [-0.4, -0.2) is 27.4 Å². The first-order valence-corrected chi connectivity index (χ1v) is 5.31. The lowest BCUT2D eigenvalue weighted by molar-refractivity contribution is -0.0235. The van der Waals surface area contributed by atoms with Crippen molar-refractivity contribution in [3.8, 4) is 0 Å². The highest BCUT2D eigenvalue weighted by Crippen LogP contribution is 2.46. The van der Waals surface area contributed by atoms with Gasteiger partial charge in [-0.05, 0) is 6.92 Å². The molecule has 1 aromatic rings. The van der Waals surface area contributed by atoms with Crippen molar-refractivity contribution in [3.63, 3.8) is 0 Å². The minimum Gasteiger partial charge on any atom is -0.471 e. The molecule has 18 heavy (non-hydrogen) atoms. The molecule has 0 aromatic carbocycles. The fourth-order valence-electron chi connectivity index (χ4n) is 1.97. The number of aliphatic hydroxyl groups excluding tert-OH is 1. The molecule has 0 unspecified atom stereocenters. The molecule has 1 saturated heterocycles. The van der Waals surface area contributed by atoms with Crippen molar-refractivity contribution in [1.82, 2.24) is 9.55 Å². The Hall–Kier alpha value is -1.89. The predicted molar refractivity (Wildman–Crippen MR) is 60.7 cm³/mol. The first-order chi connectivity index (χ1) is 8.40. The molecule has 3 atom stereocenters. The third kappa shape index (κ3) is 1.67. The van der Waals surface area contributed by atoms with Gasteiger partial charge >= 0.3 is 5.69 Å². The molecular formula is C11H13FN2O4. The lowest BCUT2D eigenvalue weighted by Crippen LogP contribution is -2.41. The van der Waals surface area contributed by atoms with Gasteiger partial charge in [0.15, 0.2) is 6.23 Å². The molecule has 0 radical (unpaired) electrons. The summed E-state index contributed by atoms with van der Waals surface area (Å²) in [7, 11) is 0. The molecule has 6 nitrogen and oxygen atoms in total. The molecule has 0 bridgehead atoms. The molecule has 1 aliphatic heterocycles. The Morgan fingerprint density at radius 2 is 2.33 bits per heavy atom. The molecule has 1 fully saturated rings. The van der Waals surface area contributed by atoms with E-state index < -0.39 is 35.7 Å². The number of halogens is 1. The second-order valence-corrected chi connectivity index (χ2v) is 4.50. The summed E-state index contributed by atoms with van der Waals surface area (Å²) in [6.45, 7) is 4.02. The molecule has 1 aromatic heterocycles. The molecule has 7 heteroatoms. The summed E-state index contributed by atoms with van der Waals surface area (Å²) < 4.78 is 19.5. The number of hydrogen-bond donors (Lipinski definition) is 2. The van der Waals surface area contributed by atoms with E-state index >= 15 is 0 Å². The highest BCUT2D eigenvalue weighted by atomic mass is 19.1. The number of hydrogen-bond acceptors (Lipinski definition) is 4. The maximum absolute atomic E-state index is 13.2. The highest BCUT2D eigenvalue weighted by molar-refractivity contribution is 5.10. The largest absolute Gasteiger partial charge is 0.471 e. The average molecular weight is 256 g/mol. The monoisotopic (exact) mass is 256 g/mol. The maximum Gasteiger partial charge on any atom is 0.331 e. The highest BCUT2D eigenvalue weighted by Gasteiger charge is 2.52. The van der Waals surface area contributed by atoms with E-state index in [9.17, 15) is 19.1 Å². The molecule has 0 amide bonds. The van der Waals surface area contributed by atoms with Crippen molar-refractivity contribution in [2.45, 2.75) is 19.3 Å². The lowest BCUT2D eigenvalue weighted by atomic mass is 9.85. The van der Waals surface area contributed by atoms with Gasteiger partial charge < -0.3 is 9.84 Å². The van der Waals surface area contributed by atoms with Crippen molar-refractivity contribution in [2.24, 2.45) is 5.41 Å². The SMILES string of the molecule is C=C1O[C@@H](n2ccc(=O)[nH]c2=O)[C@@](C)(CF)[C@@H]1O. The van der Waals surface area contributed by atoms with Crippen LogP contribution in [0.1, 0.15) is 13.2 Å². The second-order valence-electron chi connectivity index (χ2n) is 4.50. The van der Waals surface area contributed by atoms with Crippen LogP contribution in [0.5, 0.6) is 0 Å². The van der Waals surface area contributed by atoms with Crippen LogP contribution in [-0.2, 0) is 4.74 Å². The van der Waals surface area contributed by atoms with Crippen molar-refractivity contribution in [3.05, 3.63) is 45.4 Å². The van der Waals surface area contributed by atoms with Gasteiger partial charge in [-0.1, -0.05) is 6.58 Å². The Balaban J connectivity index is 2.53. The number of alkyl halides is 1. The van der Waals surface area contributed by atoms with Crippen LogP contribution in [0, 0.1) is 5.41 Å². The Morgan fingerprint density at radius 3 is 2.89 bits per heavy atom. The summed E-state index contributed by atoms with van der Waals surface area (Å²) in [5.41, 5.74) is -2.61. The number of nitrogens with zero attached hydrogens (tertiary/aromatic N) is 1. The number of aliphatic hydroxyl groups is 1. The van der Waals surface area contributed by atoms with Crippen LogP contribution < -0.4 is 11.2 Å². The number of aromatic amines is 1. The molecule has 0 saturated carbocycles. The summed E-state index contributed by atoms with van der Waals surface area (Å²) in [4.78, 5) is 24.6. The Bertz CT molecular complexity index is 593.